The van der Waals surface area contributed by atoms with Gasteiger partial charge in [0.25, 0.3) is 5.91 Å². The lowest BCUT2D eigenvalue weighted by Crippen LogP contribution is -2.05. The van der Waals surface area contributed by atoms with Gasteiger partial charge < -0.3 is 10.5 Å². The third-order valence-electron chi connectivity index (χ3n) is 0.599. The highest BCUT2D eigenvalue weighted by molar-refractivity contribution is 5.91. The second-order valence-corrected chi connectivity index (χ2v) is 1.37. The van der Waals surface area contributed by atoms with E-state index in [1.807, 2.05) is 0 Å². The molecule has 3 nitrogen and oxygen atoms in total. The van der Waals surface area contributed by atoms with Crippen LogP contribution in [-0.4, -0.2) is 12.2 Å². The van der Waals surface area contributed by atoms with Crippen molar-refractivity contribution in [2.75, 3.05) is 0 Å². The van der Waals surface area contributed by atoms with Crippen molar-refractivity contribution in [3.63, 3.8) is 0 Å². The van der Waals surface area contributed by atoms with Gasteiger partial charge in [0.2, 0.25) is 0 Å². The molecule has 1 amide bonds. The standard InChI is InChI=1S/C6H7NO2/c7-6(9)4-2-1-3-5-8/h5H,1,3H2,(H2,7,9). The average Bonchev–Trinajstić information content (AvgIpc) is 1.80. The van der Waals surface area contributed by atoms with E-state index in [0.29, 0.717) is 12.8 Å². The molecule has 0 bridgehead atoms. The SMILES string of the molecule is NC(=O)C#CCCC=O. The first-order valence-electron chi connectivity index (χ1n) is 2.49. The molecule has 2 N–H and O–H groups in total. The lowest BCUT2D eigenvalue weighted by Gasteiger charge is -1.74. The largest absolute Gasteiger partial charge is 0.359 e. The van der Waals surface area contributed by atoms with Gasteiger partial charge in [-0.1, -0.05) is 5.92 Å². The lowest BCUT2D eigenvalue weighted by molar-refractivity contribution is -0.113. The molecule has 0 aromatic carbocycles. The summed E-state index contributed by atoms with van der Waals surface area (Å²) in [7, 11) is 0. The number of unbranched alkanes of at least 4 members (excludes halogenated alkanes) is 1. The molecule has 9 heavy (non-hydrogen) atoms. The van der Waals surface area contributed by atoms with Crippen molar-refractivity contribution in [3.8, 4) is 11.8 Å². The van der Waals surface area contributed by atoms with Gasteiger partial charge in [-0.3, -0.25) is 4.79 Å². The number of carbonyl (C=O) groups excluding carboxylic acids is 2. The van der Waals surface area contributed by atoms with Gasteiger partial charge in [0.15, 0.2) is 0 Å². The molecule has 0 unspecified atom stereocenters. The zero-order valence-electron chi connectivity index (χ0n) is 4.89. The smallest absolute Gasteiger partial charge is 0.293 e. The first kappa shape index (κ1) is 7.70. The van der Waals surface area contributed by atoms with Crippen LogP contribution in [0.3, 0.4) is 0 Å². The molecule has 0 saturated carbocycles. The molecule has 3 heteroatoms. The molecule has 0 spiro atoms. The number of aldehydes is 1. The summed E-state index contributed by atoms with van der Waals surface area (Å²) in [5.41, 5.74) is 4.67. The predicted molar refractivity (Wildman–Crippen MR) is 32.3 cm³/mol. The van der Waals surface area contributed by atoms with Crippen molar-refractivity contribution in [2.45, 2.75) is 12.8 Å². The van der Waals surface area contributed by atoms with Crippen LogP contribution in [0.1, 0.15) is 12.8 Å². The van der Waals surface area contributed by atoms with E-state index < -0.39 is 5.91 Å². The molecule has 0 heterocycles. The van der Waals surface area contributed by atoms with E-state index in [1.54, 1.807) is 0 Å². The fraction of sp³-hybridized carbons (Fsp3) is 0.333. The van der Waals surface area contributed by atoms with Crippen LogP contribution in [0.25, 0.3) is 0 Å². The predicted octanol–water partition coefficient (Wildman–Crippen LogP) is -0.546. The Morgan fingerprint density at radius 1 is 1.67 bits per heavy atom. The second kappa shape index (κ2) is 4.85. The normalized spacial score (nSPS) is 7.11. The summed E-state index contributed by atoms with van der Waals surface area (Å²) in [6.45, 7) is 0. The van der Waals surface area contributed by atoms with Gasteiger partial charge in [0.05, 0.1) is 0 Å². The molecule has 0 aliphatic heterocycles. The maximum Gasteiger partial charge on any atom is 0.293 e. The molecule has 0 radical (unpaired) electrons. The van der Waals surface area contributed by atoms with Gasteiger partial charge in [-0.15, -0.1) is 0 Å². The molecular formula is C6H7NO2. The number of carbonyl (C=O) groups is 2. The maximum atomic E-state index is 9.92. The molecule has 0 aromatic rings. The Labute approximate surface area is 53.2 Å². The van der Waals surface area contributed by atoms with Gasteiger partial charge in [-0.25, -0.2) is 0 Å². The van der Waals surface area contributed by atoms with Crippen molar-refractivity contribution in [2.24, 2.45) is 5.73 Å². The quantitative estimate of drug-likeness (QED) is 0.306. The Balaban J connectivity index is 3.37. The fourth-order valence-electron chi connectivity index (χ4n) is 0.281. The van der Waals surface area contributed by atoms with Crippen LogP contribution in [0.4, 0.5) is 0 Å². The lowest BCUT2D eigenvalue weighted by atomic mass is 10.3. The number of primary amides is 1. The molecule has 0 aliphatic rings. The van der Waals surface area contributed by atoms with Crippen molar-refractivity contribution in [1.82, 2.24) is 0 Å². The van der Waals surface area contributed by atoms with Crippen LogP contribution < -0.4 is 5.73 Å². The molecule has 48 valence electrons. The van der Waals surface area contributed by atoms with Crippen molar-refractivity contribution in [3.05, 3.63) is 0 Å². The molecular weight excluding hydrogens is 118 g/mol. The first-order valence-corrected chi connectivity index (χ1v) is 2.49. The van der Waals surface area contributed by atoms with Gasteiger partial charge in [-0.05, 0) is 5.92 Å². The summed E-state index contributed by atoms with van der Waals surface area (Å²) >= 11 is 0. The first-order chi connectivity index (χ1) is 4.27. The van der Waals surface area contributed by atoms with Crippen LogP contribution in [-0.2, 0) is 9.59 Å². The fourth-order valence-corrected chi connectivity index (χ4v) is 0.281. The maximum absolute atomic E-state index is 9.92. The van der Waals surface area contributed by atoms with Crippen LogP contribution in [0, 0.1) is 11.8 Å². The van der Waals surface area contributed by atoms with Crippen molar-refractivity contribution in [1.29, 1.82) is 0 Å². The highest BCUT2D eigenvalue weighted by Gasteiger charge is 1.79. The monoisotopic (exact) mass is 125 g/mol. The minimum Gasteiger partial charge on any atom is -0.359 e. The van der Waals surface area contributed by atoms with Gasteiger partial charge >= 0.3 is 0 Å². The topological polar surface area (TPSA) is 60.2 Å². The van der Waals surface area contributed by atoms with E-state index in [9.17, 15) is 9.59 Å². The zero-order chi connectivity index (χ0) is 7.11. The Hall–Kier alpha value is -1.30. The summed E-state index contributed by atoms with van der Waals surface area (Å²) in [4.78, 5) is 19.6. The average molecular weight is 125 g/mol. The minimum absolute atomic E-state index is 0.361. The zero-order valence-corrected chi connectivity index (χ0v) is 4.89. The van der Waals surface area contributed by atoms with E-state index >= 15 is 0 Å². The molecule has 0 fully saturated rings. The third kappa shape index (κ3) is 6.70. The Morgan fingerprint density at radius 2 is 2.33 bits per heavy atom. The number of hydrogen-bond acceptors (Lipinski definition) is 2. The van der Waals surface area contributed by atoms with Gasteiger partial charge in [-0.2, -0.15) is 0 Å². The van der Waals surface area contributed by atoms with E-state index in [4.69, 9.17) is 0 Å². The van der Waals surface area contributed by atoms with Crippen LogP contribution in [0.5, 0.6) is 0 Å². The summed E-state index contributed by atoms with van der Waals surface area (Å²) < 4.78 is 0. The minimum atomic E-state index is -0.652. The van der Waals surface area contributed by atoms with E-state index in [0.717, 1.165) is 6.29 Å². The van der Waals surface area contributed by atoms with Crippen LogP contribution >= 0.6 is 0 Å². The number of hydrogen-bond donors (Lipinski definition) is 1. The Morgan fingerprint density at radius 3 is 2.78 bits per heavy atom. The van der Waals surface area contributed by atoms with Crippen molar-refractivity contribution >= 4 is 12.2 Å². The summed E-state index contributed by atoms with van der Waals surface area (Å²) in [5.74, 6) is 3.89. The van der Waals surface area contributed by atoms with Gasteiger partial charge in [0, 0.05) is 12.8 Å². The van der Waals surface area contributed by atoms with Crippen LogP contribution in [0.2, 0.25) is 0 Å². The summed E-state index contributed by atoms with van der Waals surface area (Å²) in [6, 6.07) is 0. The van der Waals surface area contributed by atoms with Crippen molar-refractivity contribution < 1.29 is 9.59 Å². The molecule has 0 aromatic heterocycles. The van der Waals surface area contributed by atoms with Gasteiger partial charge in [0.1, 0.15) is 6.29 Å². The highest BCUT2D eigenvalue weighted by Crippen LogP contribution is 1.77. The second-order valence-electron chi connectivity index (χ2n) is 1.37. The molecule has 0 rings (SSSR count). The van der Waals surface area contributed by atoms with Crippen LogP contribution in [0.15, 0.2) is 0 Å². The third-order valence-corrected chi connectivity index (χ3v) is 0.599. The Bertz CT molecular complexity index is 164. The van der Waals surface area contributed by atoms with E-state index in [1.165, 1.54) is 0 Å². The Kier molecular flexibility index (Phi) is 4.15. The number of rotatable bonds is 2. The molecule has 0 atom stereocenters. The summed E-state index contributed by atoms with van der Waals surface area (Å²) in [5, 5.41) is 0. The highest BCUT2D eigenvalue weighted by atomic mass is 16.1. The molecule has 0 saturated heterocycles. The van der Waals surface area contributed by atoms with E-state index in [-0.39, 0.29) is 0 Å². The summed E-state index contributed by atoms with van der Waals surface area (Å²) in [6.07, 6.45) is 1.52. The number of amides is 1. The number of nitrogens with two attached hydrogens (primary N) is 1. The van der Waals surface area contributed by atoms with E-state index in [2.05, 4.69) is 17.6 Å². The molecule has 0 aliphatic carbocycles.